The van der Waals surface area contributed by atoms with Gasteiger partial charge in [-0.1, -0.05) is 44.0 Å². The molecule has 1 N–H and O–H groups in total. The van der Waals surface area contributed by atoms with Crippen LogP contribution in [0, 0.1) is 5.41 Å². The lowest BCUT2D eigenvalue weighted by Crippen LogP contribution is -2.61. The van der Waals surface area contributed by atoms with Crippen LogP contribution in [0.15, 0.2) is 18.2 Å². The van der Waals surface area contributed by atoms with Crippen LogP contribution in [-0.4, -0.2) is 29.3 Å². The molecule has 0 spiro atoms. The van der Waals surface area contributed by atoms with Gasteiger partial charge in [0, 0.05) is 16.6 Å². The minimum atomic E-state index is -0.531. The number of halogens is 2. The van der Waals surface area contributed by atoms with Crippen molar-refractivity contribution in [3.63, 3.8) is 0 Å². The molecule has 21 heavy (non-hydrogen) atoms. The van der Waals surface area contributed by atoms with Crippen LogP contribution in [-0.2, 0) is 16.1 Å². The third kappa shape index (κ3) is 3.69. The number of piperazine rings is 1. The average Bonchev–Trinajstić information content (AvgIpc) is 2.36. The zero-order chi connectivity index (χ0) is 15.8. The maximum Gasteiger partial charge on any atom is 0.246 e. The van der Waals surface area contributed by atoms with Gasteiger partial charge in [0.15, 0.2) is 0 Å². The lowest BCUT2D eigenvalue weighted by Gasteiger charge is -2.39. The van der Waals surface area contributed by atoms with Gasteiger partial charge in [-0.05, 0) is 29.2 Å². The first-order valence-corrected chi connectivity index (χ1v) is 7.46. The Morgan fingerprint density at radius 1 is 1.29 bits per heavy atom. The van der Waals surface area contributed by atoms with E-state index in [9.17, 15) is 9.59 Å². The van der Waals surface area contributed by atoms with Crippen LogP contribution in [0.4, 0.5) is 0 Å². The molecule has 2 rings (SSSR count). The highest BCUT2D eigenvalue weighted by Gasteiger charge is 2.39. The molecule has 1 fully saturated rings. The quantitative estimate of drug-likeness (QED) is 0.907. The Bertz CT molecular complexity index is 582. The lowest BCUT2D eigenvalue weighted by atomic mass is 9.84. The summed E-state index contributed by atoms with van der Waals surface area (Å²) in [6, 6.07) is 4.57. The number of nitrogens with zero attached hydrogens (tertiary/aromatic N) is 1. The van der Waals surface area contributed by atoms with Gasteiger partial charge in [0.25, 0.3) is 0 Å². The largest absolute Gasteiger partial charge is 0.342 e. The molecule has 1 aromatic rings. The number of hydrogen-bond acceptors (Lipinski definition) is 2. The zero-order valence-corrected chi connectivity index (χ0v) is 13.8. The molecule has 0 radical (unpaired) electrons. The molecule has 1 aliphatic rings. The van der Waals surface area contributed by atoms with Gasteiger partial charge in [0.1, 0.15) is 6.04 Å². The van der Waals surface area contributed by atoms with E-state index in [2.05, 4.69) is 5.32 Å². The summed E-state index contributed by atoms with van der Waals surface area (Å²) in [5.41, 5.74) is 0.392. The predicted molar refractivity (Wildman–Crippen MR) is 83.3 cm³/mol. The molecule has 2 amide bonds. The topological polar surface area (TPSA) is 49.4 Å². The van der Waals surface area contributed by atoms with E-state index in [0.29, 0.717) is 10.0 Å². The Labute approximate surface area is 134 Å². The molecule has 0 aromatic heterocycles. The Kier molecular flexibility index (Phi) is 4.49. The van der Waals surface area contributed by atoms with Crippen LogP contribution < -0.4 is 5.32 Å². The second-order valence-electron chi connectivity index (χ2n) is 6.30. The van der Waals surface area contributed by atoms with Crippen LogP contribution in [0.1, 0.15) is 26.3 Å². The molecule has 1 saturated heterocycles. The minimum Gasteiger partial charge on any atom is -0.342 e. The highest BCUT2D eigenvalue weighted by molar-refractivity contribution is 6.33. The van der Waals surface area contributed by atoms with E-state index >= 15 is 0 Å². The number of carbonyl (C=O) groups excluding carboxylic acids is 2. The molecule has 0 saturated carbocycles. The van der Waals surface area contributed by atoms with Crippen LogP contribution in [0.25, 0.3) is 0 Å². The molecule has 1 atom stereocenters. The van der Waals surface area contributed by atoms with Crippen molar-refractivity contribution in [3.05, 3.63) is 33.8 Å². The Balaban J connectivity index is 2.24. The third-order valence-corrected chi connectivity index (χ3v) is 4.04. The standard InChI is InChI=1S/C15H18Cl2N2O2/c1-15(2,3)13-14(21)19(8-12(20)18-13)7-9-6-10(16)4-5-11(9)17/h4-6,13H,7-8H2,1-3H3,(H,18,20). The minimum absolute atomic E-state index is 0.0360. The van der Waals surface area contributed by atoms with Crippen molar-refractivity contribution in [2.24, 2.45) is 5.41 Å². The van der Waals surface area contributed by atoms with Gasteiger partial charge < -0.3 is 10.2 Å². The first-order chi connectivity index (χ1) is 9.68. The zero-order valence-electron chi connectivity index (χ0n) is 12.2. The van der Waals surface area contributed by atoms with Crippen LogP contribution in [0.5, 0.6) is 0 Å². The molecule has 4 nitrogen and oxygen atoms in total. The maximum absolute atomic E-state index is 12.6. The number of hydrogen-bond donors (Lipinski definition) is 1. The van der Waals surface area contributed by atoms with Crippen molar-refractivity contribution in [3.8, 4) is 0 Å². The molecule has 1 heterocycles. The highest BCUT2D eigenvalue weighted by atomic mass is 35.5. The summed E-state index contributed by atoms with van der Waals surface area (Å²) in [7, 11) is 0. The molecule has 1 aromatic carbocycles. The molecular formula is C15H18Cl2N2O2. The smallest absolute Gasteiger partial charge is 0.246 e. The molecule has 1 aliphatic heterocycles. The first kappa shape index (κ1) is 16.1. The predicted octanol–water partition coefficient (Wildman–Crippen LogP) is 2.87. The van der Waals surface area contributed by atoms with Crippen molar-refractivity contribution in [2.45, 2.75) is 33.4 Å². The van der Waals surface area contributed by atoms with E-state index < -0.39 is 6.04 Å². The van der Waals surface area contributed by atoms with Gasteiger partial charge >= 0.3 is 0 Å². The van der Waals surface area contributed by atoms with Crippen LogP contribution in [0.2, 0.25) is 10.0 Å². The third-order valence-electron chi connectivity index (χ3n) is 3.43. The van der Waals surface area contributed by atoms with Crippen LogP contribution >= 0.6 is 23.2 Å². The number of rotatable bonds is 2. The summed E-state index contributed by atoms with van der Waals surface area (Å²) in [5, 5.41) is 3.84. The van der Waals surface area contributed by atoms with E-state index in [-0.39, 0.29) is 30.3 Å². The van der Waals surface area contributed by atoms with E-state index in [4.69, 9.17) is 23.2 Å². The van der Waals surface area contributed by atoms with Crippen molar-refractivity contribution in [1.29, 1.82) is 0 Å². The van der Waals surface area contributed by atoms with Crippen molar-refractivity contribution >= 4 is 35.0 Å². The molecule has 1 unspecified atom stereocenters. The summed E-state index contributed by atoms with van der Waals surface area (Å²) in [4.78, 5) is 25.9. The van der Waals surface area contributed by atoms with E-state index in [1.165, 1.54) is 4.90 Å². The summed E-state index contributed by atoms with van der Waals surface area (Å²) in [5.74, 6) is -0.259. The van der Waals surface area contributed by atoms with Gasteiger partial charge in [-0.2, -0.15) is 0 Å². The van der Waals surface area contributed by atoms with Crippen molar-refractivity contribution in [2.75, 3.05) is 6.54 Å². The SMILES string of the molecule is CC(C)(C)C1NC(=O)CN(Cc2cc(Cl)ccc2Cl)C1=O. The normalized spacial score (nSPS) is 19.7. The Morgan fingerprint density at radius 2 is 1.95 bits per heavy atom. The fourth-order valence-corrected chi connectivity index (χ4v) is 2.67. The van der Waals surface area contributed by atoms with Crippen molar-refractivity contribution < 1.29 is 9.59 Å². The summed E-state index contributed by atoms with van der Waals surface area (Å²) in [6.07, 6.45) is 0. The van der Waals surface area contributed by atoms with Gasteiger partial charge in [-0.25, -0.2) is 0 Å². The molecule has 0 aliphatic carbocycles. The number of amides is 2. The molecular weight excluding hydrogens is 311 g/mol. The lowest BCUT2D eigenvalue weighted by molar-refractivity contribution is -0.147. The summed E-state index contributed by atoms with van der Waals surface area (Å²) < 4.78 is 0. The molecule has 0 bridgehead atoms. The van der Waals surface area contributed by atoms with Crippen LogP contribution in [0.3, 0.4) is 0 Å². The second-order valence-corrected chi connectivity index (χ2v) is 7.14. The molecule has 114 valence electrons. The summed E-state index contributed by atoms with van der Waals surface area (Å²) >= 11 is 12.1. The first-order valence-electron chi connectivity index (χ1n) is 6.70. The van der Waals surface area contributed by atoms with Crippen molar-refractivity contribution in [1.82, 2.24) is 10.2 Å². The van der Waals surface area contributed by atoms with E-state index in [1.807, 2.05) is 20.8 Å². The number of benzene rings is 1. The fraction of sp³-hybridized carbons (Fsp3) is 0.467. The molecule has 6 heteroatoms. The number of nitrogens with one attached hydrogen (secondary N) is 1. The maximum atomic E-state index is 12.6. The van der Waals surface area contributed by atoms with Gasteiger partial charge in [0.05, 0.1) is 6.54 Å². The second kappa shape index (κ2) is 5.85. The van der Waals surface area contributed by atoms with Gasteiger partial charge in [-0.15, -0.1) is 0 Å². The Morgan fingerprint density at radius 3 is 2.57 bits per heavy atom. The fourth-order valence-electron chi connectivity index (χ4n) is 2.29. The van der Waals surface area contributed by atoms with E-state index in [0.717, 1.165) is 5.56 Å². The highest BCUT2D eigenvalue weighted by Crippen LogP contribution is 2.26. The monoisotopic (exact) mass is 328 g/mol. The van der Waals surface area contributed by atoms with Gasteiger partial charge in [0.2, 0.25) is 11.8 Å². The average molecular weight is 329 g/mol. The Hall–Kier alpha value is -1.26. The van der Waals surface area contributed by atoms with Gasteiger partial charge in [-0.3, -0.25) is 9.59 Å². The number of carbonyl (C=O) groups is 2. The van der Waals surface area contributed by atoms with E-state index in [1.54, 1.807) is 18.2 Å². The summed E-state index contributed by atoms with van der Waals surface area (Å²) in [6.45, 7) is 6.08.